The van der Waals surface area contributed by atoms with E-state index >= 15 is 0 Å². The van der Waals surface area contributed by atoms with Gasteiger partial charge in [-0.15, -0.1) is 0 Å². The quantitative estimate of drug-likeness (QED) is 0.632. The molecule has 0 radical (unpaired) electrons. The first-order chi connectivity index (χ1) is 14.7. The van der Waals surface area contributed by atoms with Crippen molar-refractivity contribution in [1.29, 1.82) is 0 Å². The van der Waals surface area contributed by atoms with Gasteiger partial charge >= 0.3 is 0 Å². The minimum Gasteiger partial charge on any atom is -0.367 e. The number of fused-ring (bicyclic) bond motifs is 2. The summed E-state index contributed by atoms with van der Waals surface area (Å²) in [5.74, 6) is -0.302. The van der Waals surface area contributed by atoms with Crippen LogP contribution < -0.4 is 10.2 Å². The largest absolute Gasteiger partial charge is 0.367 e. The van der Waals surface area contributed by atoms with Crippen LogP contribution in [-0.2, 0) is 19.1 Å². The zero-order valence-electron chi connectivity index (χ0n) is 16.2. The lowest BCUT2D eigenvalue weighted by atomic mass is 10.0. The van der Waals surface area contributed by atoms with E-state index in [1.54, 1.807) is 0 Å². The molecule has 2 atom stereocenters. The first-order valence-corrected chi connectivity index (χ1v) is 10.0. The number of hydrogen-bond donors (Lipinski definition) is 1. The van der Waals surface area contributed by atoms with Gasteiger partial charge in [0, 0.05) is 28.0 Å². The van der Waals surface area contributed by atoms with Gasteiger partial charge in [-0.1, -0.05) is 36.4 Å². The third kappa shape index (κ3) is 3.06. The van der Waals surface area contributed by atoms with Crippen LogP contribution in [0.3, 0.4) is 0 Å². The van der Waals surface area contributed by atoms with E-state index in [2.05, 4.69) is 5.32 Å². The minimum atomic E-state index is -0.227. The number of benzene rings is 2. The van der Waals surface area contributed by atoms with E-state index in [0.717, 1.165) is 41.6 Å². The number of nitrogens with zero attached hydrogens (tertiary/aromatic N) is 1. The van der Waals surface area contributed by atoms with Gasteiger partial charge in [-0.25, -0.2) is 0 Å². The van der Waals surface area contributed by atoms with E-state index in [0.29, 0.717) is 11.1 Å². The predicted molar refractivity (Wildman–Crippen MR) is 114 cm³/mol. The maximum absolute atomic E-state index is 12.9. The number of aldehydes is 1. The van der Waals surface area contributed by atoms with Crippen molar-refractivity contribution in [3.05, 3.63) is 71.8 Å². The van der Waals surface area contributed by atoms with Crippen LogP contribution in [0.4, 0.5) is 11.4 Å². The molecule has 6 heteroatoms. The summed E-state index contributed by atoms with van der Waals surface area (Å²) in [5.41, 5.74) is 4.46. The first-order valence-electron chi connectivity index (χ1n) is 10.0. The van der Waals surface area contributed by atoms with E-state index in [1.165, 1.54) is 4.90 Å². The van der Waals surface area contributed by atoms with Crippen molar-refractivity contribution < 1.29 is 19.1 Å². The Hall–Kier alpha value is -3.51. The highest BCUT2D eigenvalue weighted by molar-refractivity contribution is 6.33. The predicted octanol–water partition coefficient (Wildman–Crippen LogP) is 3.20. The molecule has 1 fully saturated rings. The van der Waals surface area contributed by atoms with Crippen molar-refractivity contribution in [3.63, 3.8) is 0 Å². The van der Waals surface area contributed by atoms with Gasteiger partial charge in [-0.3, -0.25) is 9.59 Å². The molecule has 3 heterocycles. The monoisotopic (exact) mass is 400 g/mol. The Labute approximate surface area is 173 Å². The molecule has 6 nitrogen and oxygen atoms in total. The molecule has 3 aliphatic heterocycles. The number of para-hydroxylation sites is 2. The lowest BCUT2D eigenvalue weighted by molar-refractivity contribution is -0.115. The molecule has 0 saturated carbocycles. The molecule has 2 amide bonds. The number of anilines is 2. The van der Waals surface area contributed by atoms with E-state index in [4.69, 9.17) is 4.74 Å². The number of carbonyl (C=O) groups excluding carboxylic acids is 3. The number of nitrogens with one attached hydrogen (secondary N) is 1. The molecule has 150 valence electrons. The number of amides is 2. The molecule has 0 aliphatic carbocycles. The summed E-state index contributed by atoms with van der Waals surface area (Å²) >= 11 is 0. The summed E-state index contributed by atoms with van der Waals surface area (Å²) in [6.45, 7) is 0.0297. The van der Waals surface area contributed by atoms with E-state index < -0.39 is 0 Å². The standard InChI is InChI=1S/C24H20N2O4/c27-12-11-26-22-8-4-2-6-18(22)20(24(26)29)14-16-10-9-15(30-16)13-19-17-5-1-3-7-21(17)25-23(19)28/h1-8,12-16H,9-11H2,(H,25,28)/b19-13+,20-14+. The van der Waals surface area contributed by atoms with Crippen LogP contribution in [0.5, 0.6) is 0 Å². The molecule has 2 unspecified atom stereocenters. The third-order valence-corrected chi connectivity index (χ3v) is 5.72. The Morgan fingerprint density at radius 2 is 1.60 bits per heavy atom. The molecular formula is C24H20N2O4. The lowest BCUT2D eigenvalue weighted by Gasteiger charge is -2.13. The smallest absolute Gasteiger partial charge is 0.259 e. The Kier molecular flexibility index (Phi) is 4.56. The van der Waals surface area contributed by atoms with Crippen LogP contribution in [0.25, 0.3) is 11.1 Å². The van der Waals surface area contributed by atoms with Gasteiger partial charge in [0.1, 0.15) is 6.29 Å². The average Bonchev–Trinajstić information content (AvgIpc) is 3.41. The average molecular weight is 400 g/mol. The normalized spacial score (nSPS) is 25.0. The molecule has 3 aliphatic rings. The summed E-state index contributed by atoms with van der Waals surface area (Å²) in [5, 5.41) is 2.87. The highest BCUT2D eigenvalue weighted by Crippen LogP contribution is 2.38. The van der Waals surface area contributed by atoms with Crippen LogP contribution in [0.1, 0.15) is 24.0 Å². The Morgan fingerprint density at radius 1 is 0.933 bits per heavy atom. The van der Waals surface area contributed by atoms with E-state index in [-0.39, 0.29) is 30.6 Å². The number of ether oxygens (including phenoxy) is 1. The van der Waals surface area contributed by atoms with Crippen LogP contribution in [0, 0.1) is 0 Å². The fourth-order valence-corrected chi connectivity index (χ4v) is 4.33. The topological polar surface area (TPSA) is 75.7 Å². The second kappa shape index (κ2) is 7.39. The summed E-state index contributed by atoms with van der Waals surface area (Å²) in [7, 11) is 0. The van der Waals surface area contributed by atoms with Crippen LogP contribution >= 0.6 is 0 Å². The molecule has 30 heavy (non-hydrogen) atoms. The van der Waals surface area contributed by atoms with Crippen molar-refractivity contribution >= 4 is 40.6 Å². The fourth-order valence-electron chi connectivity index (χ4n) is 4.33. The van der Waals surface area contributed by atoms with Gasteiger partial charge in [0.15, 0.2) is 0 Å². The lowest BCUT2D eigenvalue weighted by Crippen LogP contribution is -2.28. The van der Waals surface area contributed by atoms with Crippen LogP contribution in [0.15, 0.2) is 60.7 Å². The molecule has 1 N–H and O–H groups in total. The van der Waals surface area contributed by atoms with Gasteiger partial charge in [-0.05, 0) is 37.1 Å². The number of carbonyl (C=O) groups is 3. The molecule has 0 bridgehead atoms. The molecule has 2 aromatic carbocycles. The summed E-state index contributed by atoms with van der Waals surface area (Å²) in [6.07, 6.45) is 5.56. The van der Waals surface area contributed by atoms with E-state index in [1.807, 2.05) is 60.7 Å². The Bertz CT molecular complexity index is 1120. The zero-order chi connectivity index (χ0) is 20.7. The van der Waals surface area contributed by atoms with Gasteiger partial charge in [0.2, 0.25) is 0 Å². The van der Waals surface area contributed by atoms with Crippen molar-refractivity contribution in [3.8, 4) is 0 Å². The number of rotatable bonds is 4. The third-order valence-electron chi connectivity index (χ3n) is 5.72. The van der Waals surface area contributed by atoms with Crippen molar-refractivity contribution in [2.24, 2.45) is 0 Å². The Morgan fingerprint density at radius 3 is 2.37 bits per heavy atom. The zero-order valence-corrected chi connectivity index (χ0v) is 16.2. The first kappa shape index (κ1) is 18.5. The molecule has 1 saturated heterocycles. The molecule has 0 aromatic heterocycles. The van der Waals surface area contributed by atoms with Crippen LogP contribution in [0.2, 0.25) is 0 Å². The van der Waals surface area contributed by atoms with Gasteiger partial charge in [0.05, 0.1) is 24.4 Å². The highest BCUT2D eigenvalue weighted by Gasteiger charge is 2.34. The van der Waals surface area contributed by atoms with Gasteiger partial charge in [0.25, 0.3) is 11.8 Å². The minimum absolute atomic E-state index is 0.0297. The van der Waals surface area contributed by atoms with E-state index in [9.17, 15) is 14.4 Å². The summed E-state index contributed by atoms with van der Waals surface area (Å²) in [6, 6.07) is 15.1. The van der Waals surface area contributed by atoms with Crippen molar-refractivity contribution in [2.75, 3.05) is 16.8 Å². The van der Waals surface area contributed by atoms with Crippen molar-refractivity contribution in [2.45, 2.75) is 25.0 Å². The maximum atomic E-state index is 12.9. The maximum Gasteiger partial charge on any atom is 0.259 e. The number of hydrogen-bond acceptors (Lipinski definition) is 4. The SMILES string of the molecule is O=CCN1C(=O)/C(=C/C2CCC(/C=C3/C(=O)Nc4ccccc43)O2)c2ccccc21. The highest BCUT2D eigenvalue weighted by atomic mass is 16.5. The Balaban J connectivity index is 1.38. The van der Waals surface area contributed by atoms with Crippen LogP contribution in [-0.4, -0.2) is 36.9 Å². The summed E-state index contributed by atoms with van der Waals surface area (Å²) in [4.78, 5) is 37.7. The van der Waals surface area contributed by atoms with Gasteiger partial charge < -0.3 is 19.7 Å². The van der Waals surface area contributed by atoms with Crippen molar-refractivity contribution in [1.82, 2.24) is 0 Å². The second-order valence-electron chi connectivity index (χ2n) is 7.55. The molecule has 5 rings (SSSR count). The molecule has 0 spiro atoms. The molecule has 2 aromatic rings. The summed E-state index contributed by atoms with van der Waals surface area (Å²) < 4.78 is 6.13. The second-order valence-corrected chi connectivity index (χ2v) is 7.55. The van der Waals surface area contributed by atoms with Gasteiger partial charge in [-0.2, -0.15) is 0 Å². The fraction of sp³-hybridized carbons (Fsp3) is 0.208. The molecular weight excluding hydrogens is 380 g/mol.